The summed E-state index contributed by atoms with van der Waals surface area (Å²) in [6.07, 6.45) is 1.08. The van der Waals surface area contributed by atoms with Gasteiger partial charge in [0, 0.05) is 7.11 Å². The van der Waals surface area contributed by atoms with Crippen LogP contribution in [0.4, 0.5) is 0 Å². The first kappa shape index (κ1) is 16.6. The van der Waals surface area contributed by atoms with Gasteiger partial charge < -0.3 is 14.0 Å². The number of methoxy groups -OCH3 is 1. The van der Waals surface area contributed by atoms with Gasteiger partial charge in [0.05, 0.1) is 6.61 Å². The molecule has 0 radical (unpaired) electrons. The summed E-state index contributed by atoms with van der Waals surface area (Å²) in [6, 6.07) is 0. The lowest BCUT2D eigenvalue weighted by Crippen LogP contribution is -2.37. The van der Waals surface area contributed by atoms with Gasteiger partial charge in [-0.3, -0.25) is 4.79 Å². The van der Waals surface area contributed by atoms with Crippen molar-refractivity contribution in [1.82, 2.24) is 10.1 Å². The molecule has 1 heterocycles. The second-order valence-corrected chi connectivity index (χ2v) is 5.15. The van der Waals surface area contributed by atoms with Crippen LogP contribution in [0.3, 0.4) is 0 Å². The Morgan fingerprint density at radius 2 is 1.85 bits per heavy atom. The first-order chi connectivity index (χ1) is 9.37. The van der Waals surface area contributed by atoms with Crippen molar-refractivity contribution in [2.45, 2.75) is 58.5 Å². The van der Waals surface area contributed by atoms with E-state index in [0.717, 1.165) is 0 Å². The lowest BCUT2D eigenvalue weighted by Gasteiger charge is -2.24. The molecule has 6 nitrogen and oxygen atoms in total. The lowest BCUT2D eigenvalue weighted by atomic mass is 9.82. The van der Waals surface area contributed by atoms with Crippen molar-refractivity contribution in [3.63, 3.8) is 0 Å². The van der Waals surface area contributed by atoms with E-state index in [4.69, 9.17) is 14.0 Å². The standard InChI is InChI=1S/C14H24N2O4/c1-7-14(8-2,12(17)19-9-3)11-15-10(16-20-11)13(4,5)18-6/h7-9H2,1-6H3. The van der Waals surface area contributed by atoms with Crippen LogP contribution in [0.25, 0.3) is 0 Å². The van der Waals surface area contributed by atoms with Crippen molar-refractivity contribution in [2.24, 2.45) is 0 Å². The molecule has 0 spiro atoms. The molecule has 0 aliphatic carbocycles. The van der Waals surface area contributed by atoms with E-state index in [1.54, 1.807) is 14.0 Å². The van der Waals surface area contributed by atoms with Gasteiger partial charge in [-0.15, -0.1) is 0 Å². The molecule has 0 unspecified atom stereocenters. The summed E-state index contributed by atoms with van der Waals surface area (Å²) in [7, 11) is 1.58. The number of carbonyl (C=O) groups excluding carboxylic acids is 1. The number of esters is 1. The highest BCUT2D eigenvalue weighted by Gasteiger charge is 2.44. The molecule has 20 heavy (non-hydrogen) atoms. The highest BCUT2D eigenvalue weighted by molar-refractivity contribution is 5.81. The van der Waals surface area contributed by atoms with Crippen molar-refractivity contribution >= 4 is 5.97 Å². The second kappa shape index (κ2) is 6.35. The summed E-state index contributed by atoms with van der Waals surface area (Å²) < 4.78 is 15.8. The first-order valence-electron chi connectivity index (χ1n) is 6.95. The summed E-state index contributed by atoms with van der Waals surface area (Å²) in [5.41, 5.74) is -1.55. The Balaban J connectivity index is 3.20. The number of hydrogen-bond acceptors (Lipinski definition) is 6. The molecule has 0 N–H and O–H groups in total. The monoisotopic (exact) mass is 284 g/mol. The number of nitrogens with zero attached hydrogens (tertiary/aromatic N) is 2. The molecule has 0 bridgehead atoms. The quantitative estimate of drug-likeness (QED) is 0.716. The van der Waals surface area contributed by atoms with E-state index in [1.807, 2.05) is 27.7 Å². The Hall–Kier alpha value is -1.43. The van der Waals surface area contributed by atoms with Gasteiger partial charge in [-0.25, -0.2) is 0 Å². The molecule has 1 aromatic heterocycles. The molecule has 1 aromatic rings. The van der Waals surface area contributed by atoms with E-state index < -0.39 is 11.0 Å². The summed E-state index contributed by atoms with van der Waals surface area (Å²) in [4.78, 5) is 16.6. The summed E-state index contributed by atoms with van der Waals surface area (Å²) in [6.45, 7) is 9.60. The third-order valence-corrected chi connectivity index (χ3v) is 3.76. The zero-order chi connectivity index (χ0) is 15.4. The van der Waals surface area contributed by atoms with Crippen molar-refractivity contribution in [1.29, 1.82) is 0 Å². The number of hydrogen-bond donors (Lipinski definition) is 0. The van der Waals surface area contributed by atoms with Crippen LogP contribution in [0.1, 0.15) is 59.2 Å². The molecule has 0 atom stereocenters. The molecule has 0 aromatic carbocycles. The van der Waals surface area contributed by atoms with Crippen molar-refractivity contribution in [2.75, 3.05) is 13.7 Å². The minimum atomic E-state index is -0.884. The van der Waals surface area contributed by atoms with E-state index in [-0.39, 0.29) is 5.97 Å². The van der Waals surface area contributed by atoms with Gasteiger partial charge in [0.1, 0.15) is 11.0 Å². The minimum Gasteiger partial charge on any atom is -0.465 e. The Bertz CT molecular complexity index is 450. The number of rotatable bonds is 7. The van der Waals surface area contributed by atoms with E-state index in [1.165, 1.54) is 0 Å². The Kier molecular flexibility index (Phi) is 5.28. The zero-order valence-corrected chi connectivity index (χ0v) is 13.1. The first-order valence-corrected chi connectivity index (χ1v) is 6.95. The molecule has 6 heteroatoms. The fourth-order valence-electron chi connectivity index (χ4n) is 1.95. The molecule has 0 aliphatic rings. The highest BCUT2D eigenvalue weighted by atomic mass is 16.5. The number of aromatic nitrogens is 2. The van der Waals surface area contributed by atoms with Gasteiger partial charge in [-0.2, -0.15) is 4.98 Å². The average Bonchev–Trinajstić information content (AvgIpc) is 2.92. The van der Waals surface area contributed by atoms with Crippen LogP contribution in [0.5, 0.6) is 0 Å². The van der Waals surface area contributed by atoms with Crippen LogP contribution in [-0.4, -0.2) is 29.8 Å². The van der Waals surface area contributed by atoms with Crippen LogP contribution in [0.2, 0.25) is 0 Å². The van der Waals surface area contributed by atoms with Crippen LogP contribution in [-0.2, 0) is 25.3 Å². The molecule has 0 aliphatic heterocycles. The largest absolute Gasteiger partial charge is 0.465 e. The maximum absolute atomic E-state index is 12.3. The van der Waals surface area contributed by atoms with Gasteiger partial charge in [-0.05, 0) is 33.6 Å². The fourth-order valence-corrected chi connectivity index (χ4v) is 1.95. The minimum absolute atomic E-state index is 0.293. The number of ether oxygens (including phenoxy) is 2. The summed E-state index contributed by atoms with van der Waals surface area (Å²) >= 11 is 0. The molecule has 1 rings (SSSR count). The predicted octanol–water partition coefficient (Wildman–Crippen LogP) is 2.57. The van der Waals surface area contributed by atoms with Gasteiger partial charge >= 0.3 is 5.97 Å². The second-order valence-electron chi connectivity index (χ2n) is 5.15. The molecular weight excluding hydrogens is 260 g/mol. The van der Waals surface area contributed by atoms with E-state index >= 15 is 0 Å². The molecule has 0 amide bonds. The van der Waals surface area contributed by atoms with Crippen LogP contribution in [0.15, 0.2) is 4.52 Å². The van der Waals surface area contributed by atoms with Crippen LogP contribution >= 0.6 is 0 Å². The lowest BCUT2D eigenvalue weighted by molar-refractivity contribution is -0.151. The van der Waals surface area contributed by atoms with E-state index in [0.29, 0.717) is 31.2 Å². The molecule has 0 saturated heterocycles. The van der Waals surface area contributed by atoms with E-state index in [9.17, 15) is 4.79 Å². The summed E-state index contributed by atoms with van der Waals surface area (Å²) in [5, 5.41) is 3.94. The Morgan fingerprint density at radius 1 is 1.25 bits per heavy atom. The maximum Gasteiger partial charge on any atom is 0.321 e. The third-order valence-electron chi connectivity index (χ3n) is 3.76. The van der Waals surface area contributed by atoms with Gasteiger partial charge in [0.2, 0.25) is 11.7 Å². The van der Waals surface area contributed by atoms with Crippen molar-refractivity contribution in [3.05, 3.63) is 11.7 Å². The van der Waals surface area contributed by atoms with Crippen LogP contribution < -0.4 is 0 Å². The maximum atomic E-state index is 12.3. The molecular formula is C14H24N2O4. The summed E-state index contributed by atoms with van der Waals surface area (Å²) in [5.74, 6) is 0.391. The Labute approximate surface area is 119 Å². The normalized spacial score (nSPS) is 12.5. The Morgan fingerprint density at radius 3 is 2.30 bits per heavy atom. The third kappa shape index (κ3) is 2.85. The topological polar surface area (TPSA) is 74.5 Å². The van der Waals surface area contributed by atoms with Gasteiger partial charge in [0.15, 0.2) is 0 Å². The van der Waals surface area contributed by atoms with Crippen LogP contribution in [0, 0.1) is 0 Å². The van der Waals surface area contributed by atoms with E-state index in [2.05, 4.69) is 10.1 Å². The smallest absolute Gasteiger partial charge is 0.321 e. The van der Waals surface area contributed by atoms with Gasteiger partial charge in [0.25, 0.3) is 0 Å². The molecule has 0 saturated carbocycles. The number of carbonyl (C=O) groups is 1. The van der Waals surface area contributed by atoms with Crippen molar-refractivity contribution in [3.8, 4) is 0 Å². The highest BCUT2D eigenvalue weighted by Crippen LogP contribution is 2.33. The average molecular weight is 284 g/mol. The zero-order valence-electron chi connectivity index (χ0n) is 13.1. The fraction of sp³-hybridized carbons (Fsp3) is 0.786. The van der Waals surface area contributed by atoms with Gasteiger partial charge in [-0.1, -0.05) is 19.0 Å². The molecule has 0 fully saturated rings. The molecule has 114 valence electrons. The predicted molar refractivity (Wildman–Crippen MR) is 73.2 cm³/mol. The SMILES string of the molecule is CCOC(=O)C(CC)(CC)c1nc(C(C)(C)OC)no1. The van der Waals surface area contributed by atoms with Crippen molar-refractivity contribution < 1.29 is 18.8 Å².